The number of amides is 1. The van der Waals surface area contributed by atoms with Gasteiger partial charge in [-0.25, -0.2) is 4.79 Å². The maximum Gasteiger partial charge on any atom is 0.341 e. The van der Waals surface area contributed by atoms with E-state index in [1.165, 1.54) is 11.3 Å². The van der Waals surface area contributed by atoms with Crippen LogP contribution in [0.1, 0.15) is 50.1 Å². The van der Waals surface area contributed by atoms with Crippen LogP contribution >= 0.6 is 22.9 Å². The molecule has 1 amide bonds. The molecule has 1 heterocycles. The van der Waals surface area contributed by atoms with E-state index in [0.717, 1.165) is 16.0 Å². The SMILES string of the molecule is CCOC(=O)c1c(NC(=O)c2ccc(Cl)cc2)sc2c1CC[C@](C#N)(c1ccccc1)C2. The van der Waals surface area contributed by atoms with Crippen molar-refractivity contribution in [3.63, 3.8) is 0 Å². The number of hydrogen-bond acceptors (Lipinski definition) is 5. The lowest BCUT2D eigenvalue weighted by Crippen LogP contribution is -2.31. The van der Waals surface area contributed by atoms with Gasteiger partial charge in [0.15, 0.2) is 0 Å². The number of anilines is 1. The average molecular weight is 465 g/mol. The molecular formula is C25H21ClN2O3S. The molecule has 1 aromatic heterocycles. The molecule has 0 saturated heterocycles. The van der Waals surface area contributed by atoms with Crippen LogP contribution in [0.25, 0.3) is 0 Å². The zero-order chi connectivity index (χ0) is 22.7. The van der Waals surface area contributed by atoms with Gasteiger partial charge in [0, 0.05) is 21.9 Å². The number of ether oxygens (including phenoxy) is 1. The lowest BCUT2D eigenvalue weighted by atomic mass is 9.70. The highest BCUT2D eigenvalue weighted by atomic mass is 35.5. The van der Waals surface area contributed by atoms with Crippen molar-refractivity contribution in [3.8, 4) is 6.07 Å². The molecule has 162 valence electrons. The molecule has 0 spiro atoms. The third-order valence-corrected chi connectivity index (χ3v) is 7.11. The highest BCUT2D eigenvalue weighted by Gasteiger charge is 2.40. The Morgan fingerprint density at radius 1 is 1.19 bits per heavy atom. The third-order valence-electron chi connectivity index (χ3n) is 5.71. The molecule has 3 aromatic rings. The summed E-state index contributed by atoms with van der Waals surface area (Å²) < 4.78 is 5.29. The number of fused-ring (bicyclic) bond motifs is 1. The van der Waals surface area contributed by atoms with Crippen molar-refractivity contribution in [3.05, 3.63) is 86.8 Å². The number of nitrogens with zero attached hydrogens (tertiary/aromatic N) is 1. The van der Waals surface area contributed by atoms with Gasteiger partial charge in [-0.2, -0.15) is 5.26 Å². The summed E-state index contributed by atoms with van der Waals surface area (Å²) in [5, 5.41) is 14.0. The van der Waals surface area contributed by atoms with Crippen molar-refractivity contribution in [1.29, 1.82) is 5.26 Å². The van der Waals surface area contributed by atoms with Crippen molar-refractivity contribution in [2.45, 2.75) is 31.6 Å². The average Bonchev–Trinajstić information content (AvgIpc) is 3.16. The Morgan fingerprint density at radius 3 is 2.56 bits per heavy atom. The normalized spacial score (nSPS) is 17.2. The zero-order valence-electron chi connectivity index (χ0n) is 17.5. The molecule has 2 aromatic carbocycles. The van der Waals surface area contributed by atoms with E-state index in [1.54, 1.807) is 31.2 Å². The molecule has 7 heteroatoms. The maximum atomic E-state index is 12.8. The smallest absolute Gasteiger partial charge is 0.341 e. The van der Waals surface area contributed by atoms with E-state index in [1.807, 2.05) is 30.3 Å². The molecule has 1 N–H and O–H groups in total. The number of rotatable bonds is 5. The first-order valence-electron chi connectivity index (χ1n) is 10.3. The monoisotopic (exact) mass is 464 g/mol. The van der Waals surface area contributed by atoms with Gasteiger partial charge in [-0.1, -0.05) is 41.9 Å². The minimum atomic E-state index is -0.664. The number of nitriles is 1. The van der Waals surface area contributed by atoms with Crippen LogP contribution in [-0.4, -0.2) is 18.5 Å². The van der Waals surface area contributed by atoms with Crippen molar-refractivity contribution >= 4 is 39.8 Å². The van der Waals surface area contributed by atoms with Crippen LogP contribution in [-0.2, 0) is 23.0 Å². The molecule has 32 heavy (non-hydrogen) atoms. The van der Waals surface area contributed by atoms with Gasteiger partial charge in [-0.15, -0.1) is 11.3 Å². The summed E-state index contributed by atoms with van der Waals surface area (Å²) in [5.74, 6) is -0.791. The van der Waals surface area contributed by atoms with Gasteiger partial charge in [0.05, 0.1) is 23.7 Å². The van der Waals surface area contributed by atoms with Crippen molar-refractivity contribution in [1.82, 2.24) is 0 Å². The highest BCUT2D eigenvalue weighted by Crippen LogP contribution is 2.45. The van der Waals surface area contributed by atoms with Crippen LogP contribution in [0, 0.1) is 11.3 Å². The van der Waals surface area contributed by atoms with Crippen molar-refractivity contribution < 1.29 is 14.3 Å². The van der Waals surface area contributed by atoms with Gasteiger partial charge in [-0.3, -0.25) is 4.79 Å². The number of thiophene rings is 1. The van der Waals surface area contributed by atoms with Crippen LogP contribution in [0.15, 0.2) is 54.6 Å². The quantitative estimate of drug-likeness (QED) is 0.485. The fraction of sp³-hybridized carbons (Fsp3) is 0.240. The fourth-order valence-electron chi connectivity index (χ4n) is 4.07. The van der Waals surface area contributed by atoms with Crippen LogP contribution in [0.2, 0.25) is 5.02 Å². The first-order valence-corrected chi connectivity index (χ1v) is 11.5. The Kier molecular flexibility index (Phi) is 6.31. The van der Waals surface area contributed by atoms with Gasteiger partial charge in [0.1, 0.15) is 5.00 Å². The van der Waals surface area contributed by atoms with Gasteiger partial charge >= 0.3 is 5.97 Å². The lowest BCUT2D eigenvalue weighted by molar-refractivity contribution is 0.0526. The fourth-order valence-corrected chi connectivity index (χ4v) is 5.54. The summed E-state index contributed by atoms with van der Waals surface area (Å²) in [6, 6.07) is 18.8. The van der Waals surface area contributed by atoms with Gasteiger partial charge in [0.2, 0.25) is 0 Å². The second-order valence-corrected chi connectivity index (χ2v) is 9.17. The minimum absolute atomic E-state index is 0.236. The highest BCUT2D eigenvalue weighted by molar-refractivity contribution is 7.17. The molecule has 0 aliphatic heterocycles. The van der Waals surface area contributed by atoms with Crippen LogP contribution < -0.4 is 5.32 Å². The van der Waals surface area contributed by atoms with Crippen LogP contribution in [0.5, 0.6) is 0 Å². The number of carbonyl (C=O) groups excluding carboxylic acids is 2. The van der Waals surface area contributed by atoms with E-state index in [4.69, 9.17) is 16.3 Å². The summed E-state index contributed by atoms with van der Waals surface area (Å²) >= 11 is 7.27. The molecule has 1 aliphatic carbocycles. The number of halogens is 1. The topological polar surface area (TPSA) is 79.2 Å². The van der Waals surface area contributed by atoms with E-state index >= 15 is 0 Å². The third kappa shape index (κ3) is 4.14. The number of hydrogen-bond donors (Lipinski definition) is 1. The molecule has 0 bridgehead atoms. The summed E-state index contributed by atoms with van der Waals surface area (Å²) in [5.41, 5.74) is 2.00. The van der Waals surface area contributed by atoms with Gasteiger partial charge in [0.25, 0.3) is 5.91 Å². The number of esters is 1. The molecule has 4 rings (SSSR count). The molecule has 0 saturated carbocycles. The van der Waals surface area contributed by atoms with E-state index in [9.17, 15) is 14.9 Å². The van der Waals surface area contributed by atoms with Crippen LogP contribution in [0.4, 0.5) is 5.00 Å². The molecule has 0 radical (unpaired) electrons. The maximum absolute atomic E-state index is 12.8. The lowest BCUT2D eigenvalue weighted by Gasteiger charge is -2.31. The van der Waals surface area contributed by atoms with Gasteiger partial charge in [-0.05, 0) is 55.2 Å². The molecule has 1 atom stereocenters. The summed E-state index contributed by atoms with van der Waals surface area (Å²) in [4.78, 5) is 26.6. The largest absolute Gasteiger partial charge is 0.462 e. The van der Waals surface area contributed by atoms with Gasteiger partial charge < -0.3 is 10.1 Å². The summed E-state index contributed by atoms with van der Waals surface area (Å²) in [6.07, 6.45) is 1.63. The van der Waals surface area contributed by atoms with E-state index in [-0.39, 0.29) is 12.5 Å². The van der Waals surface area contributed by atoms with E-state index in [2.05, 4.69) is 11.4 Å². The van der Waals surface area contributed by atoms with Crippen LogP contribution in [0.3, 0.4) is 0 Å². The van der Waals surface area contributed by atoms with Crippen molar-refractivity contribution in [2.24, 2.45) is 0 Å². The zero-order valence-corrected chi connectivity index (χ0v) is 19.1. The van der Waals surface area contributed by atoms with E-state index < -0.39 is 11.4 Å². The van der Waals surface area contributed by atoms with E-state index in [0.29, 0.717) is 40.4 Å². The molecule has 1 aliphatic rings. The molecule has 5 nitrogen and oxygen atoms in total. The Hall–Kier alpha value is -3.14. The second-order valence-electron chi connectivity index (χ2n) is 7.63. The minimum Gasteiger partial charge on any atom is -0.462 e. The number of benzene rings is 2. The molecule has 0 fully saturated rings. The Labute approximate surface area is 195 Å². The number of carbonyl (C=O) groups is 2. The molecular weight excluding hydrogens is 444 g/mol. The first kappa shape index (κ1) is 22.1. The Balaban J connectivity index is 1.72. The predicted molar refractivity (Wildman–Crippen MR) is 125 cm³/mol. The molecule has 0 unspecified atom stereocenters. The Morgan fingerprint density at radius 2 is 1.91 bits per heavy atom. The summed E-state index contributed by atoms with van der Waals surface area (Å²) in [6.45, 7) is 1.99. The standard InChI is InChI=1S/C25H21ClN2O3S/c1-2-31-24(30)21-19-12-13-25(15-27,17-6-4-3-5-7-17)14-20(19)32-23(21)28-22(29)16-8-10-18(26)11-9-16/h3-11H,2,12-14H2,1H3,(H,28,29)/t25-/m0/s1. The number of nitrogens with one attached hydrogen (secondary N) is 1. The first-order chi connectivity index (χ1) is 15.5. The predicted octanol–water partition coefficient (Wildman–Crippen LogP) is 5.78. The summed E-state index contributed by atoms with van der Waals surface area (Å²) in [7, 11) is 0. The second kappa shape index (κ2) is 9.15. The van der Waals surface area contributed by atoms with Crippen molar-refractivity contribution in [2.75, 3.05) is 11.9 Å². The Bertz CT molecular complexity index is 1200.